The summed E-state index contributed by atoms with van der Waals surface area (Å²) < 4.78 is 12.8. The van der Waals surface area contributed by atoms with Gasteiger partial charge in [0.25, 0.3) is 0 Å². The number of fused-ring (bicyclic) bond motifs is 3. The molecule has 6 saturated carbocycles. The molecule has 11 N–H and O–H groups in total. The van der Waals surface area contributed by atoms with Crippen molar-refractivity contribution >= 4 is 11.9 Å². The average Bonchev–Trinajstić information content (AvgIpc) is 4.01. The molecule has 69 heavy (non-hydrogen) atoms. The molecule has 19 atom stereocenters. The number of carbonyl (C=O) groups excluding carboxylic acids is 1. The van der Waals surface area contributed by atoms with E-state index in [1.54, 1.807) is 6.33 Å². The molecule has 15 heteroatoms. The van der Waals surface area contributed by atoms with Gasteiger partial charge in [-0.15, -0.1) is 0 Å². The molecule has 2 aliphatic heterocycles. The molecule has 1 amide bonds. The van der Waals surface area contributed by atoms with Gasteiger partial charge in [-0.25, -0.2) is 4.98 Å². The molecule has 0 unspecified atom stereocenters. The first-order valence-electron chi connectivity index (χ1n) is 27.1. The molecule has 3 heterocycles. The Kier molecular flexibility index (Phi) is 13.2. The van der Waals surface area contributed by atoms with Gasteiger partial charge >= 0.3 is 5.97 Å². The van der Waals surface area contributed by atoms with E-state index in [1.807, 2.05) is 6.20 Å². The van der Waals surface area contributed by atoms with Gasteiger partial charge in [-0.1, -0.05) is 58.1 Å². The number of allylic oxidation sites excluding steroid dienone is 2. The van der Waals surface area contributed by atoms with Gasteiger partial charge in [0.05, 0.1) is 37.2 Å². The summed E-state index contributed by atoms with van der Waals surface area (Å²) in [6.45, 7) is 6.68. The highest BCUT2D eigenvalue weighted by Gasteiger charge is 2.82. The van der Waals surface area contributed by atoms with Gasteiger partial charge in [-0.05, 0) is 160 Å². The van der Waals surface area contributed by atoms with Crippen LogP contribution in [-0.2, 0) is 19.1 Å². The van der Waals surface area contributed by atoms with Crippen LogP contribution >= 0.6 is 0 Å². The summed E-state index contributed by atoms with van der Waals surface area (Å²) in [5.74, 6) is -1.70. The number of carboxylic acid groups (broad SMARTS) is 1. The molecule has 2 bridgehead atoms. The molecule has 9 aliphatic rings. The van der Waals surface area contributed by atoms with Gasteiger partial charge in [0.1, 0.15) is 18.3 Å². The molecular weight excluding hydrogens is 881 g/mol. The number of aromatic amines is 1. The maximum absolute atomic E-state index is 14.0. The smallest absolute Gasteiger partial charge is 0.310 e. The normalized spacial score (nSPS) is 49.1. The lowest BCUT2D eigenvalue weighted by Crippen LogP contribution is -2.79. The number of nitrogens with one attached hydrogen (secondary N) is 2. The predicted octanol–water partition coefficient (Wildman–Crippen LogP) is 5.07. The van der Waals surface area contributed by atoms with Crippen molar-refractivity contribution < 1.29 is 54.8 Å². The summed E-state index contributed by atoms with van der Waals surface area (Å²) in [5.41, 5.74) is 4.47. The number of aliphatic carboxylic acids is 1. The molecule has 7 aliphatic carbocycles. The van der Waals surface area contributed by atoms with Crippen molar-refractivity contribution in [1.29, 1.82) is 0 Å². The van der Waals surface area contributed by atoms with Gasteiger partial charge in [0.15, 0.2) is 6.29 Å². The molecule has 15 nitrogen and oxygen atoms in total. The Morgan fingerprint density at radius 1 is 0.942 bits per heavy atom. The number of hydrogen-bond acceptors (Lipinski definition) is 12. The van der Waals surface area contributed by atoms with Crippen LogP contribution in [0, 0.1) is 67.5 Å². The van der Waals surface area contributed by atoms with Crippen molar-refractivity contribution in [1.82, 2.24) is 15.3 Å². The van der Waals surface area contributed by atoms with Crippen molar-refractivity contribution in [3.8, 4) is 0 Å². The number of imidazole rings is 1. The molecule has 1 aromatic heterocycles. The zero-order valence-electron chi connectivity index (χ0n) is 41.5. The second-order valence-electron chi connectivity index (χ2n) is 25.2. The summed E-state index contributed by atoms with van der Waals surface area (Å²) in [7, 11) is 0. The molecule has 1 aromatic rings. The Hall–Kier alpha value is -2.47. The van der Waals surface area contributed by atoms with Gasteiger partial charge in [0.2, 0.25) is 5.91 Å². The zero-order valence-corrected chi connectivity index (χ0v) is 41.5. The highest BCUT2D eigenvalue weighted by atomic mass is 16.7. The van der Waals surface area contributed by atoms with Gasteiger partial charge in [0, 0.05) is 42.3 Å². The predicted molar refractivity (Wildman–Crippen MR) is 255 cm³/mol. The summed E-state index contributed by atoms with van der Waals surface area (Å²) in [4.78, 5) is 35.5. The van der Waals surface area contributed by atoms with Crippen LogP contribution in [0.2, 0.25) is 0 Å². The minimum absolute atomic E-state index is 0.0190. The van der Waals surface area contributed by atoms with Crippen LogP contribution in [-0.4, -0.2) is 127 Å². The third-order valence-corrected chi connectivity index (χ3v) is 22.7. The van der Waals surface area contributed by atoms with Crippen LogP contribution in [0.1, 0.15) is 161 Å². The highest BCUT2D eigenvalue weighted by Crippen LogP contribution is 2.86. The Morgan fingerprint density at radius 2 is 1.71 bits per heavy atom. The average molecular weight is 965 g/mol. The summed E-state index contributed by atoms with van der Waals surface area (Å²) >= 11 is 0. The number of nitrogens with zero attached hydrogens (tertiary/aromatic N) is 1. The lowest BCUT2D eigenvalue weighted by molar-refractivity contribution is -0.373. The monoisotopic (exact) mass is 965 g/mol. The van der Waals surface area contributed by atoms with Crippen molar-refractivity contribution in [2.24, 2.45) is 73.2 Å². The van der Waals surface area contributed by atoms with E-state index in [9.17, 15) is 45.3 Å². The quantitative estimate of drug-likeness (QED) is 0.0916. The highest BCUT2D eigenvalue weighted by molar-refractivity contribution is 5.79. The number of rotatable bonds is 13. The summed E-state index contributed by atoms with van der Waals surface area (Å²) in [5, 5.41) is 84.5. The van der Waals surface area contributed by atoms with Gasteiger partial charge in [-0.2, -0.15) is 0 Å². The van der Waals surface area contributed by atoms with Crippen LogP contribution in [0.4, 0.5) is 0 Å². The standard InChI is InChI=1S/C54H84N4O11/c1-48(28-59)18-19-51(47(66)67)20-21-52-14-8-15-53(17-12-34(52)36(51)25-48)50(52,3)16-13-39-49(2,29-60)45(69-46-44(65)43(64)38(61)27-68-46)42(63)35(54(39,53)32-9-5-4-6-10-32)23-31-24-40(62)58-41(31)33(11-7-22-55)37-26-56-30-57-37/h12,26,30-33,35-36,38-39,41-46,59-61,63-65H,4-11,13-25,27-29,55H2,1-3H3,(H,56,57)(H,58,62)(H,66,67)/t31-,33-,35-,36+,38-,39-,41-,42-,43+,44-,45-,46+,48+,49+,50+,51+,52-,53+,54+/m1/s1. The molecule has 8 fully saturated rings. The van der Waals surface area contributed by atoms with Crippen molar-refractivity contribution in [3.63, 3.8) is 0 Å². The number of ether oxygens (including phenoxy) is 2. The number of amides is 1. The Bertz CT molecular complexity index is 2090. The number of nitrogens with two attached hydrogens (primary N) is 1. The summed E-state index contributed by atoms with van der Waals surface area (Å²) in [6, 6.07) is -0.276. The second kappa shape index (κ2) is 18.2. The third-order valence-electron chi connectivity index (χ3n) is 22.7. The van der Waals surface area contributed by atoms with Gasteiger partial charge in [-0.3, -0.25) is 9.59 Å². The Balaban J connectivity index is 1.18. The Morgan fingerprint density at radius 3 is 2.41 bits per heavy atom. The van der Waals surface area contributed by atoms with Crippen LogP contribution in [0.5, 0.6) is 0 Å². The molecule has 0 aromatic carbocycles. The SMILES string of the molecule is C[C@]1(CO)CC[C@]2(C(=O)O)CC[C@]34CCC[C@@]5(CC=C3[C@@H]2C1)[C@@]1(C2CCCCC2)[C@H](C[C@@H]2CC(=O)N[C@H]2[C@H](CCCN)c2cnc[nH]2)[C@@H](O)[C@@H](O[C@@H]2OC[C@@H](O)[C@H](O)[C@H]2O)[C@@](C)(CO)[C@H]1CC[C@@]45C. The van der Waals surface area contributed by atoms with E-state index in [0.29, 0.717) is 38.6 Å². The van der Waals surface area contributed by atoms with Crippen molar-refractivity contribution in [3.05, 3.63) is 29.9 Å². The number of H-pyrrole nitrogens is 1. The fraction of sp³-hybridized carbons (Fsp3) is 0.870. The van der Waals surface area contributed by atoms with Crippen LogP contribution in [0.3, 0.4) is 0 Å². The third kappa shape index (κ3) is 7.06. The molecule has 2 saturated heterocycles. The van der Waals surface area contributed by atoms with E-state index in [1.165, 1.54) is 5.57 Å². The minimum atomic E-state index is -1.60. The number of aliphatic hydroxyl groups is 6. The van der Waals surface area contributed by atoms with E-state index in [4.69, 9.17) is 15.2 Å². The van der Waals surface area contributed by atoms with Gasteiger partial charge < -0.3 is 61.3 Å². The fourth-order valence-electron chi connectivity index (χ4n) is 19.5. The lowest BCUT2D eigenvalue weighted by Gasteiger charge is -2.82. The van der Waals surface area contributed by atoms with Crippen LogP contribution in [0.25, 0.3) is 0 Å². The van der Waals surface area contributed by atoms with Crippen molar-refractivity contribution in [2.75, 3.05) is 26.4 Å². The number of aliphatic hydroxyl groups excluding tert-OH is 6. The number of carboxylic acids is 1. The maximum Gasteiger partial charge on any atom is 0.310 e. The molecule has 0 radical (unpaired) electrons. The van der Waals surface area contributed by atoms with E-state index >= 15 is 0 Å². The first-order chi connectivity index (χ1) is 33.0. The molecule has 386 valence electrons. The topological polar surface area (TPSA) is 261 Å². The first-order valence-corrected chi connectivity index (χ1v) is 27.1. The fourth-order valence-corrected chi connectivity index (χ4v) is 19.5. The number of hydrogen-bond donors (Lipinski definition) is 10. The maximum atomic E-state index is 14.0. The zero-order chi connectivity index (χ0) is 48.9. The van der Waals surface area contributed by atoms with E-state index in [-0.39, 0.29) is 84.0 Å². The lowest BCUT2D eigenvalue weighted by atomic mass is 9.22. The van der Waals surface area contributed by atoms with E-state index < -0.39 is 70.4 Å². The molecule has 1 spiro atoms. The van der Waals surface area contributed by atoms with Crippen LogP contribution < -0.4 is 11.1 Å². The van der Waals surface area contributed by atoms with E-state index in [2.05, 4.69) is 42.1 Å². The minimum Gasteiger partial charge on any atom is -0.481 e. The van der Waals surface area contributed by atoms with Crippen molar-refractivity contribution in [2.45, 2.75) is 198 Å². The van der Waals surface area contributed by atoms with Crippen LogP contribution in [0.15, 0.2) is 24.2 Å². The first kappa shape index (κ1) is 50.1. The molecular formula is C54H84N4O11. The summed E-state index contributed by atoms with van der Waals surface area (Å²) in [6.07, 6.45) is 13.8. The number of aromatic nitrogens is 2. The number of carbonyl (C=O) groups is 2. The van der Waals surface area contributed by atoms with E-state index in [0.717, 1.165) is 95.6 Å². The second-order valence-corrected chi connectivity index (χ2v) is 25.2. The Labute approximate surface area is 408 Å². The largest absolute Gasteiger partial charge is 0.481 e. The molecule has 10 rings (SSSR count).